The number of hydrogen-bond acceptors (Lipinski definition) is 3. The quantitative estimate of drug-likeness (QED) is 0.586. The molecule has 2 unspecified atom stereocenters. The molecular weight excluding hydrogens is 358 g/mol. The average molecular weight is 388 g/mol. The predicted octanol–water partition coefficient (Wildman–Crippen LogP) is 4.90. The first-order valence-corrected chi connectivity index (χ1v) is 10.2. The van der Waals surface area contributed by atoms with Crippen molar-refractivity contribution in [2.45, 2.75) is 52.1 Å². The van der Waals surface area contributed by atoms with Crippen LogP contribution in [0.1, 0.15) is 50.8 Å². The van der Waals surface area contributed by atoms with Crippen LogP contribution in [0.5, 0.6) is 0 Å². The fourth-order valence-corrected chi connectivity index (χ4v) is 3.90. The Morgan fingerprint density at radius 2 is 2.21 bits per heavy atom. The summed E-state index contributed by atoms with van der Waals surface area (Å²) in [6.07, 6.45) is 22.9. The number of aliphatic hydroxyl groups is 1. The molecule has 0 amide bonds. The summed E-state index contributed by atoms with van der Waals surface area (Å²) in [6, 6.07) is 3.95. The standard InChI is InChI=1S/C25H29N3O/c1-4-7-21(8-5-2)25(29)16-20-11-10-19(3)15-24-22(13-12-20)17-27-28(24)23-9-6-14-26-18-23/h1,5-9,14-15,17-18,20,25,29H,10-13,16H2,2-3H3. The number of allylic oxidation sites excluding steroid dienone is 3. The normalized spacial score (nSPS) is 18.9. The van der Waals surface area contributed by atoms with Crippen LogP contribution < -0.4 is 0 Å². The smallest absolute Gasteiger partial charge is 0.0835 e. The third-order valence-corrected chi connectivity index (χ3v) is 5.48. The van der Waals surface area contributed by atoms with E-state index < -0.39 is 6.10 Å². The fourth-order valence-electron chi connectivity index (χ4n) is 3.90. The van der Waals surface area contributed by atoms with E-state index in [1.165, 1.54) is 11.1 Å². The largest absolute Gasteiger partial charge is 0.388 e. The van der Waals surface area contributed by atoms with Crippen molar-refractivity contribution in [1.82, 2.24) is 14.8 Å². The highest BCUT2D eigenvalue weighted by Crippen LogP contribution is 2.29. The highest BCUT2D eigenvalue weighted by atomic mass is 16.3. The second kappa shape index (κ2) is 10.0. The molecule has 2 aromatic heterocycles. The van der Waals surface area contributed by atoms with E-state index in [1.807, 2.05) is 48.3 Å². The van der Waals surface area contributed by atoms with Crippen LogP contribution in [-0.4, -0.2) is 26.0 Å². The van der Waals surface area contributed by atoms with Crippen molar-refractivity contribution < 1.29 is 5.11 Å². The van der Waals surface area contributed by atoms with Crippen molar-refractivity contribution in [1.29, 1.82) is 0 Å². The fraction of sp³-hybridized carbons (Fsp3) is 0.360. The highest BCUT2D eigenvalue weighted by Gasteiger charge is 2.20. The van der Waals surface area contributed by atoms with Gasteiger partial charge in [0, 0.05) is 6.20 Å². The lowest BCUT2D eigenvalue weighted by molar-refractivity contribution is 0.172. The van der Waals surface area contributed by atoms with Gasteiger partial charge in [-0.25, -0.2) is 4.68 Å². The molecule has 0 saturated heterocycles. The molecule has 1 aliphatic carbocycles. The zero-order chi connectivity index (χ0) is 20.6. The molecule has 2 atom stereocenters. The summed E-state index contributed by atoms with van der Waals surface area (Å²) in [5, 5.41) is 15.3. The molecule has 0 aromatic carbocycles. The minimum absolute atomic E-state index is 0.424. The van der Waals surface area contributed by atoms with Crippen LogP contribution in [0.15, 0.2) is 60.1 Å². The number of nitrogens with zero attached hydrogens (tertiary/aromatic N) is 3. The van der Waals surface area contributed by atoms with E-state index in [9.17, 15) is 5.11 Å². The van der Waals surface area contributed by atoms with Gasteiger partial charge < -0.3 is 5.11 Å². The Morgan fingerprint density at radius 3 is 2.93 bits per heavy atom. The molecule has 0 saturated carbocycles. The first-order chi connectivity index (χ1) is 14.1. The molecule has 2 aromatic rings. The Hall–Kier alpha value is -2.90. The highest BCUT2D eigenvalue weighted by molar-refractivity contribution is 5.55. The van der Waals surface area contributed by atoms with Crippen LogP contribution in [0, 0.1) is 18.3 Å². The van der Waals surface area contributed by atoms with Gasteiger partial charge in [-0.1, -0.05) is 23.6 Å². The number of aromatic nitrogens is 3. The summed E-state index contributed by atoms with van der Waals surface area (Å²) in [7, 11) is 0. The van der Waals surface area contributed by atoms with Crippen LogP contribution in [0.4, 0.5) is 0 Å². The van der Waals surface area contributed by atoms with Gasteiger partial charge in [0.1, 0.15) is 0 Å². The maximum Gasteiger partial charge on any atom is 0.0835 e. The van der Waals surface area contributed by atoms with E-state index in [0.29, 0.717) is 5.92 Å². The van der Waals surface area contributed by atoms with Crippen molar-refractivity contribution >= 4 is 6.08 Å². The molecule has 3 rings (SSSR count). The lowest BCUT2D eigenvalue weighted by Crippen LogP contribution is -2.16. The maximum atomic E-state index is 10.7. The molecule has 150 valence electrons. The monoisotopic (exact) mass is 387 g/mol. The van der Waals surface area contributed by atoms with Crippen molar-refractivity contribution in [2.75, 3.05) is 0 Å². The molecule has 2 heterocycles. The molecule has 0 bridgehead atoms. The van der Waals surface area contributed by atoms with E-state index >= 15 is 0 Å². The van der Waals surface area contributed by atoms with E-state index in [0.717, 1.165) is 49.1 Å². The Labute approximate surface area is 173 Å². The molecule has 1 N–H and O–H groups in total. The van der Waals surface area contributed by atoms with Crippen LogP contribution in [-0.2, 0) is 6.42 Å². The number of rotatable bonds is 5. The zero-order valence-corrected chi connectivity index (χ0v) is 17.3. The third-order valence-electron chi connectivity index (χ3n) is 5.48. The van der Waals surface area contributed by atoms with Crippen LogP contribution in [0.3, 0.4) is 0 Å². The summed E-state index contributed by atoms with van der Waals surface area (Å²) in [5.74, 6) is 2.97. The lowest BCUT2D eigenvalue weighted by atomic mass is 9.88. The second-order valence-electron chi connectivity index (χ2n) is 7.67. The summed E-state index contributed by atoms with van der Waals surface area (Å²) >= 11 is 0. The summed E-state index contributed by atoms with van der Waals surface area (Å²) in [5.41, 5.74) is 5.48. The third kappa shape index (κ3) is 5.34. The molecule has 29 heavy (non-hydrogen) atoms. The number of aryl methyl sites for hydroxylation is 1. The minimum atomic E-state index is -0.533. The first kappa shape index (κ1) is 20.8. The second-order valence-corrected chi connectivity index (χ2v) is 7.67. The van der Waals surface area contributed by atoms with Gasteiger partial charge in [0.05, 0.1) is 29.9 Å². The molecule has 1 aliphatic rings. The van der Waals surface area contributed by atoms with E-state index in [2.05, 4.69) is 29.0 Å². The molecule has 4 heteroatoms. The van der Waals surface area contributed by atoms with Gasteiger partial charge >= 0.3 is 0 Å². The van der Waals surface area contributed by atoms with Gasteiger partial charge in [-0.2, -0.15) is 5.10 Å². The van der Waals surface area contributed by atoms with Gasteiger partial charge in [0.2, 0.25) is 0 Å². The van der Waals surface area contributed by atoms with Gasteiger partial charge in [-0.05, 0) is 87.3 Å². The van der Waals surface area contributed by atoms with Crippen molar-refractivity contribution in [2.24, 2.45) is 5.92 Å². The maximum absolute atomic E-state index is 10.7. The molecule has 0 fully saturated rings. The number of pyridine rings is 1. The van der Waals surface area contributed by atoms with Crippen molar-refractivity contribution in [3.63, 3.8) is 0 Å². The van der Waals surface area contributed by atoms with E-state index in [1.54, 1.807) is 12.3 Å². The zero-order valence-electron chi connectivity index (χ0n) is 17.3. The average Bonchev–Trinajstić information content (AvgIpc) is 3.14. The molecule has 4 nitrogen and oxygen atoms in total. The van der Waals surface area contributed by atoms with Gasteiger partial charge in [0.25, 0.3) is 0 Å². The minimum Gasteiger partial charge on any atom is -0.388 e. The molecule has 0 radical (unpaired) electrons. The Morgan fingerprint density at radius 1 is 1.38 bits per heavy atom. The number of hydrogen-bond donors (Lipinski definition) is 1. The Bertz CT molecular complexity index is 944. The lowest BCUT2D eigenvalue weighted by Gasteiger charge is -2.20. The molecule has 0 spiro atoms. The summed E-state index contributed by atoms with van der Waals surface area (Å²) in [6.45, 7) is 4.11. The van der Waals surface area contributed by atoms with Crippen molar-refractivity contribution in [3.8, 4) is 18.0 Å². The topological polar surface area (TPSA) is 50.9 Å². The van der Waals surface area contributed by atoms with Crippen LogP contribution >= 0.6 is 0 Å². The molecular formula is C25H29N3O. The van der Waals surface area contributed by atoms with Crippen molar-refractivity contribution in [3.05, 3.63) is 71.4 Å². The Kier molecular flexibility index (Phi) is 7.21. The number of aliphatic hydroxyl groups excluding tert-OH is 1. The summed E-state index contributed by atoms with van der Waals surface area (Å²) < 4.78 is 1.97. The predicted molar refractivity (Wildman–Crippen MR) is 118 cm³/mol. The Balaban J connectivity index is 1.80. The summed E-state index contributed by atoms with van der Waals surface area (Å²) in [4.78, 5) is 4.23. The van der Waals surface area contributed by atoms with Gasteiger partial charge in [-0.15, -0.1) is 6.42 Å². The number of fused-ring (bicyclic) bond motifs is 1. The first-order valence-electron chi connectivity index (χ1n) is 10.2. The molecule has 0 aliphatic heterocycles. The number of terminal acetylenes is 1. The van der Waals surface area contributed by atoms with Gasteiger partial charge in [0.15, 0.2) is 0 Å². The van der Waals surface area contributed by atoms with Crippen LogP contribution in [0.25, 0.3) is 11.8 Å². The van der Waals surface area contributed by atoms with Gasteiger partial charge in [-0.3, -0.25) is 4.98 Å². The SMILES string of the molecule is C#CC=C(C=CC)C(O)CC1CCC(C)=Cc2c(cnn2-c2cccnc2)CC1. The van der Waals surface area contributed by atoms with Crippen LogP contribution in [0.2, 0.25) is 0 Å². The van der Waals surface area contributed by atoms with E-state index in [-0.39, 0.29) is 0 Å². The van der Waals surface area contributed by atoms with E-state index in [4.69, 9.17) is 6.42 Å².